The van der Waals surface area contributed by atoms with E-state index in [-0.39, 0.29) is 11.4 Å². The van der Waals surface area contributed by atoms with Crippen molar-refractivity contribution in [3.05, 3.63) is 0 Å². The van der Waals surface area contributed by atoms with Crippen molar-refractivity contribution >= 4 is 17.7 Å². The quantitative estimate of drug-likeness (QED) is 0.491. The zero-order chi connectivity index (χ0) is 10.3. The highest BCUT2D eigenvalue weighted by molar-refractivity contribution is 7.99. The first-order valence-electron chi connectivity index (χ1n) is 4.79. The zero-order valence-electron chi connectivity index (χ0n) is 9.05. The van der Waals surface area contributed by atoms with Gasteiger partial charge in [-0.3, -0.25) is 4.79 Å². The van der Waals surface area contributed by atoms with Crippen LogP contribution in [0.1, 0.15) is 34.1 Å². The van der Waals surface area contributed by atoms with E-state index in [9.17, 15) is 4.79 Å². The van der Waals surface area contributed by atoms with Crippen molar-refractivity contribution in [2.45, 2.75) is 34.1 Å². The van der Waals surface area contributed by atoms with Gasteiger partial charge in [-0.2, -0.15) is 11.8 Å². The number of carbonyl (C=O) groups is 1. The molecule has 13 heavy (non-hydrogen) atoms. The van der Waals surface area contributed by atoms with Gasteiger partial charge in [-0.25, -0.2) is 0 Å². The van der Waals surface area contributed by atoms with Gasteiger partial charge < -0.3 is 4.74 Å². The lowest BCUT2D eigenvalue weighted by molar-refractivity contribution is -0.153. The van der Waals surface area contributed by atoms with Crippen molar-refractivity contribution in [3.63, 3.8) is 0 Å². The number of thioether (sulfide) groups is 1. The molecule has 0 fully saturated rings. The predicted molar refractivity (Wildman–Crippen MR) is 58.0 cm³/mol. The fourth-order valence-electron chi connectivity index (χ4n) is 0.677. The van der Waals surface area contributed by atoms with Gasteiger partial charge in [-0.15, -0.1) is 0 Å². The standard InChI is InChI=1S/C10H20O2S/c1-5-10(3,4)9(11)12-7-8-13-6-2/h5-8H2,1-4H3. The van der Waals surface area contributed by atoms with Gasteiger partial charge in [0.1, 0.15) is 6.61 Å². The Morgan fingerprint density at radius 3 is 2.46 bits per heavy atom. The molecule has 0 N–H and O–H groups in total. The molecule has 0 aliphatic carbocycles. The van der Waals surface area contributed by atoms with Crippen molar-refractivity contribution in [2.24, 2.45) is 5.41 Å². The first-order valence-corrected chi connectivity index (χ1v) is 5.95. The SMILES string of the molecule is CCSCCOC(=O)C(C)(C)CC. The minimum absolute atomic E-state index is 0.0771. The fraction of sp³-hybridized carbons (Fsp3) is 0.900. The molecule has 0 saturated heterocycles. The Hall–Kier alpha value is -0.180. The van der Waals surface area contributed by atoms with Gasteiger partial charge in [0.25, 0.3) is 0 Å². The summed E-state index contributed by atoms with van der Waals surface area (Å²) in [6.45, 7) is 8.48. The monoisotopic (exact) mass is 204 g/mol. The Bertz CT molecular complexity index is 155. The molecule has 2 nitrogen and oxygen atoms in total. The average molecular weight is 204 g/mol. The maximum absolute atomic E-state index is 11.4. The molecule has 0 heterocycles. The van der Waals surface area contributed by atoms with E-state index in [2.05, 4.69) is 6.92 Å². The summed E-state index contributed by atoms with van der Waals surface area (Å²) in [6.07, 6.45) is 0.826. The molecule has 0 rings (SSSR count). The number of esters is 1. The lowest BCUT2D eigenvalue weighted by atomic mass is 9.91. The van der Waals surface area contributed by atoms with E-state index in [0.717, 1.165) is 17.9 Å². The molecule has 0 aliphatic rings. The van der Waals surface area contributed by atoms with Gasteiger partial charge in [0.2, 0.25) is 0 Å². The van der Waals surface area contributed by atoms with E-state index in [1.165, 1.54) is 0 Å². The van der Waals surface area contributed by atoms with Gasteiger partial charge in [-0.1, -0.05) is 13.8 Å². The van der Waals surface area contributed by atoms with E-state index >= 15 is 0 Å². The molecule has 0 atom stereocenters. The van der Waals surface area contributed by atoms with Crippen LogP contribution < -0.4 is 0 Å². The van der Waals surface area contributed by atoms with Crippen molar-refractivity contribution in [2.75, 3.05) is 18.1 Å². The summed E-state index contributed by atoms with van der Waals surface area (Å²) in [6, 6.07) is 0. The second-order valence-electron chi connectivity index (χ2n) is 3.57. The molecule has 0 amide bonds. The lowest BCUT2D eigenvalue weighted by Gasteiger charge is -2.20. The molecule has 0 saturated carbocycles. The largest absolute Gasteiger partial charge is 0.464 e. The van der Waals surface area contributed by atoms with Gasteiger partial charge in [0.15, 0.2) is 0 Å². The molecular formula is C10H20O2S. The lowest BCUT2D eigenvalue weighted by Crippen LogP contribution is -2.26. The van der Waals surface area contributed by atoms with Crippen LogP contribution in [0.5, 0.6) is 0 Å². The highest BCUT2D eigenvalue weighted by Crippen LogP contribution is 2.21. The molecule has 0 spiro atoms. The van der Waals surface area contributed by atoms with Crippen molar-refractivity contribution in [1.82, 2.24) is 0 Å². The molecule has 0 aromatic heterocycles. The minimum Gasteiger partial charge on any atom is -0.464 e. The summed E-state index contributed by atoms with van der Waals surface area (Å²) in [4.78, 5) is 11.4. The predicted octanol–water partition coefficient (Wildman–Crippen LogP) is 2.72. The van der Waals surface area contributed by atoms with Crippen LogP contribution in [-0.2, 0) is 9.53 Å². The fourth-order valence-corrected chi connectivity index (χ4v) is 1.17. The molecule has 0 aliphatic heterocycles. The van der Waals surface area contributed by atoms with Crippen molar-refractivity contribution in [1.29, 1.82) is 0 Å². The Labute approximate surface area is 85.4 Å². The number of rotatable bonds is 6. The highest BCUT2D eigenvalue weighted by atomic mass is 32.2. The van der Waals surface area contributed by atoms with Crippen molar-refractivity contribution < 1.29 is 9.53 Å². The van der Waals surface area contributed by atoms with Gasteiger partial charge in [0, 0.05) is 5.75 Å². The summed E-state index contributed by atoms with van der Waals surface area (Å²) >= 11 is 1.79. The van der Waals surface area contributed by atoms with E-state index in [4.69, 9.17) is 4.74 Å². The van der Waals surface area contributed by atoms with Gasteiger partial charge in [0.05, 0.1) is 5.41 Å². The van der Waals surface area contributed by atoms with Gasteiger partial charge in [-0.05, 0) is 26.0 Å². The van der Waals surface area contributed by atoms with E-state index in [1.54, 1.807) is 11.8 Å². The molecule has 3 heteroatoms. The first kappa shape index (κ1) is 12.8. The molecule has 0 aromatic carbocycles. The number of hydrogen-bond donors (Lipinski definition) is 0. The van der Waals surface area contributed by atoms with Crippen LogP contribution in [-0.4, -0.2) is 24.1 Å². The molecule has 0 radical (unpaired) electrons. The summed E-state index contributed by atoms with van der Waals surface area (Å²) in [5.41, 5.74) is -0.323. The number of hydrogen-bond acceptors (Lipinski definition) is 3. The molecule has 0 unspecified atom stereocenters. The maximum Gasteiger partial charge on any atom is 0.311 e. The van der Waals surface area contributed by atoms with E-state index in [1.807, 2.05) is 20.8 Å². The highest BCUT2D eigenvalue weighted by Gasteiger charge is 2.26. The van der Waals surface area contributed by atoms with Crippen LogP contribution in [0.3, 0.4) is 0 Å². The van der Waals surface area contributed by atoms with Gasteiger partial charge >= 0.3 is 5.97 Å². The number of ether oxygens (including phenoxy) is 1. The molecule has 0 bridgehead atoms. The topological polar surface area (TPSA) is 26.3 Å². The Morgan fingerprint density at radius 2 is 2.00 bits per heavy atom. The van der Waals surface area contributed by atoms with E-state index in [0.29, 0.717) is 6.61 Å². The normalized spacial score (nSPS) is 11.4. The third-order valence-corrected chi connectivity index (χ3v) is 2.97. The Kier molecular flexibility index (Phi) is 6.21. The summed E-state index contributed by atoms with van der Waals surface area (Å²) < 4.78 is 5.14. The Balaban J connectivity index is 3.62. The van der Waals surface area contributed by atoms with Crippen LogP contribution in [0.2, 0.25) is 0 Å². The smallest absolute Gasteiger partial charge is 0.311 e. The number of carbonyl (C=O) groups excluding carboxylic acids is 1. The Morgan fingerprint density at radius 1 is 1.38 bits per heavy atom. The maximum atomic E-state index is 11.4. The summed E-state index contributed by atoms with van der Waals surface area (Å²) in [7, 11) is 0. The van der Waals surface area contributed by atoms with Crippen LogP contribution in [0, 0.1) is 5.41 Å². The van der Waals surface area contributed by atoms with E-state index < -0.39 is 0 Å². The minimum atomic E-state index is -0.323. The molecule has 78 valence electrons. The van der Waals surface area contributed by atoms with Crippen LogP contribution in [0.4, 0.5) is 0 Å². The first-order chi connectivity index (χ1) is 6.04. The van der Waals surface area contributed by atoms with Crippen LogP contribution in [0.25, 0.3) is 0 Å². The summed E-state index contributed by atoms with van der Waals surface area (Å²) in [5.74, 6) is 1.91. The second kappa shape index (κ2) is 6.30. The van der Waals surface area contributed by atoms with Crippen molar-refractivity contribution in [3.8, 4) is 0 Å². The van der Waals surface area contributed by atoms with Crippen LogP contribution in [0.15, 0.2) is 0 Å². The summed E-state index contributed by atoms with van der Waals surface area (Å²) in [5, 5.41) is 0. The molecular weight excluding hydrogens is 184 g/mol. The van der Waals surface area contributed by atoms with Crippen LogP contribution >= 0.6 is 11.8 Å². The second-order valence-corrected chi connectivity index (χ2v) is 4.96. The zero-order valence-corrected chi connectivity index (χ0v) is 9.87. The average Bonchev–Trinajstić information content (AvgIpc) is 2.12. The molecule has 0 aromatic rings. The third-order valence-electron chi connectivity index (χ3n) is 2.10. The third kappa shape index (κ3) is 5.19.